The molecule has 0 unspecified atom stereocenters. The van der Waals surface area contributed by atoms with Crippen LogP contribution < -0.4 is 5.32 Å². The lowest BCUT2D eigenvalue weighted by molar-refractivity contribution is -0.138. The van der Waals surface area contributed by atoms with Crippen LogP contribution in [0.15, 0.2) is 78.9 Å². The molecule has 194 valence electrons. The predicted molar refractivity (Wildman–Crippen MR) is 141 cm³/mol. The Morgan fingerprint density at radius 3 is 2.37 bits per heavy atom. The maximum atomic E-state index is 13.9. The molecule has 2 aliphatic heterocycles. The average molecular weight is 512 g/mol. The van der Waals surface area contributed by atoms with E-state index < -0.39 is 18.1 Å². The molecule has 2 saturated heterocycles. The van der Waals surface area contributed by atoms with Gasteiger partial charge in [-0.05, 0) is 55.3 Å². The normalized spacial score (nSPS) is 19.2. The zero-order chi connectivity index (χ0) is 26.8. The number of carbonyl (C=O) groups excluding carboxylic acids is 4. The molecule has 0 aliphatic carbocycles. The maximum Gasteiger partial charge on any atom is 0.254 e. The Labute approximate surface area is 220 Å². The fourth-order valence-electron chi connectivity index (χ4n) is 5.38. The van der Waals surface area contributed by atoms with Gasteiger partial charge in [-0.25, -0.2) is 0 Å². The first kappa shape index (κ1) is 25.2. The van der Waals surface area contributed by atoms with Gasteiger partial charge in [-0.2, -0.15) is 0 Å². The third-order valence-corrected chi connectivity index (χ3v) is 7.25. The minimum Gasteiger partial charge on any atom is -0.508 e. The zero-order valence-corrected chi connectivity index (χ0v) is 21.0. The summed E-state index contributed by atoms with van der Waals surface area (Å²) in [5, 5.41) is 12.5. The number of nitrogens with zero attached hydrogens (tertiary/aromatic N) is 2. The van der Waals surface area contributed by atoms with E-state index in [0.29, 0.717) is 24.1 Å². The summed E-state index contributed by atoms with van der Waals surface area (Å²) >= 11 is 0. The molecule has 3 aromatic carbocycles. The van der Waals surface area contributed by atoms with E-state index in [1.807, 2.05) is 19.1 Å². The Hall–Kier alpha value is -4.46. The van der Waals surface area contributed by atoms with Gasteiger partial charge in [0, 0.05) is 24.1 Å². The average Bonchev–Trinajstić information content (AvgIpc) is 3.50. The fourth-order valence-corrected chi connectivity index (χ4v) is 5.38. The van der Waals surface area contributed by atoms with Gasteiger partial charge in [-0.3, -0.25) is 19.2 Å². The third-order valence-electron chi connectivity index (χ3n) is 7.25. The quantitative estimate of drug-likeness (QED) is 0.529. The number of carbonyl (C=O) groups is 4. The van der Waals surface area contributed by atoms with Gasteiger partial charge in [0.1, 0.15) is 17.8 Å². The van der Waals surface area contributed by atoms with Crippen molar-refractivity contribution < 1.29 is 24.3 Å². The molecule has 0 bridgehead atoms. The molecule has 3 atom stereocenters. The standard InChI is InChI=1S/C30H29N3O5/c1-19-6-5-9-22(16-19)28(36)31-24(17-20-10-12-23(34)13-11-20)30(38)32-15-14-25-27(32)26(35)18-33(25)29(37)21-7-3-2-4-8-21/h2-13,16,24-25,27,34H,14-15,17-18H2,1H3,(H,31,36)/t24-,25+,27-/m0/s1. The van der Waals surface area contributed by atoms with Gasteiger partial charge in [0.15, 0.2) is 5.78 Å². The number of benzene rings is 3. The second-order valence-electron chi connectivity index (χ2n) is 9.86. The molecule has 38 heavy (non-hydrogen) atoms. The lowest BCUT2D eigenvalue weighted by Crippen LogP contribution is -2.53. The van der Waals surface area contributed by atoms with E-state index in [0.717, 1.165) is 11.1 Å². The topological polar surface area (TPSA) is 107 Å². The van der Waals surface area contributed by atoms with Crippen LogP contribution in [0.1, 0.15) is 38.3 Å². The number of aryl methyl sites for hydroxylation is 1. The lowest BCUT2D eigenvalue weighted by Gasteiger charge is -2.28. The van der Waals surface area contributed by atoms with Gasteiger partial charge < -0.3 is 20.2 Å². The highest BCUT2D eigenvalue weighted by Gasteiger charge is 2.52. The number of rotatable bonds is 6. The second kappa shape index (κ2) is 10.5. The van der Waals surface area contributed by atoms with Crippen LogP contribution >= 0.6 is 0 Å². The van der Waals surface area contributed by atoms with E-state index in [2.05, 4.69) is 5.32 Å². The van der Waals surface area contributed by atoms with Crippen molar-refractivity contribution in [3.05, 3.63) is 101 Å². The van der Waals surface area contributed by atoms with Crippen LogP contribution in [0.5, 0.6) is 5.75 Å². The molecule has 2 aliphatic rings. The second-order valence-corrected chi connectivity index (χ2v) is 9.86. The van der Waals surface area contributed by atoms with Crippen molar-refractivity contribution in [2.45, 2.75) is 37.9 Å². The first-order valence-corrected chi connectivity index (χ1v) is 12.7. The molecule has 2 N–H and O–H groups in total. The summed E-state index contributed by atoms with van der Waals surface area (Å²) < 4.78 is 0. The van der Waals surface area contributed by atoms with Gasteiger partial charge in [0.25, 0.3) is 11.8 Å². The van der Waals surface area contributed by atoms with Gasteiger partial charge >= 0.3 is 0 Å². The number of phenolic OH excluding ortho intramolecular Hbond substituents is 1. The van der Waals surface area contributed by atoms with E-state index in [1.165, 1.54) is 17.0 Å². The molecule has 0 saturated carbocycles. The van der Waals surface area contributed by atoms with Crippen LogP contribution in [-0.2, 0) is 16.0 Å². The van der Waals surface area contributed by atoms with E-state index in [4.69, 9.17) is 0 Å². The molecule has 5 rings (SSSR count). The summed E-state index contributed by atoms with van der Waals surface area (Å²) in [4.78, 5) is 56.3. The van der Waals surface area contributed by atoms with Gasteiger partial charge in [-0.15, -0.1) is 0 Å². The van der Waals surface area contributed by atoms with Crippen molar-refractivity contribution in [1.82, 2.24) is 15.1 Å². The number of Topliss-reactive ketones (excluding diaryl/α,β-unsaturated/α-hetero) is 1. The Morgan fingerprint density at radius 2 is 1.66 bits per heavy atom. The van der Waals surface area contributed by atoms with Crippen molar-refractivity contribution in [3.63, 3.8) is 0 Å². The van der Waals surface area contributed by atoms with Crippen LogP contribution in [0.2, 0.25) is 0 Å². The van der Waals surface area contributed by atoms with Crippen molar-refractivity contribution in [2.75, 3.05) is 13.1 Å². The Kier molecular flexibility index (Phi) is 6.96. The number of hydrogen-bond donors (Lipinski definition) is 2. The number of aromatic hydroxyl groups is 1. The SMILES string of the molecule is Cc1cccc(C(=O)N[C@@H](Cc2ccc(O)cc2)C(=O)N2CC[C@@H]3[C@H]2C(=O)CN3C(=O)c2ccccc2)c1. The molecular weight excluding hydrogens is 482 g/mol. The van der Waals surface area contributed by atoms with Crippen LogP contribution in [0.4, 0.5) is 0 Å². The summed E-state index contributed by atoms with van der Waals surface area (Å²) in [5.41, 5.74) is 2.60. The van der Waals surface area contributed by atoms with Gasteiger partial charge in [0.05, 0.1) is 12.6 Å². The minimum absolute atomic E-state index is 0.0505. The Bertz CT molecular complexity index is 1370. The molecular formula is C30H29N3O5. The molecule has 0 spiro atoms. The summed E-state index contributed by atoms with van der Waals surface area (Å²) in [6.45, 7) is 2.14. The maximum absolute atomic E-state index is 13.9. The molecule has 0 aromatic heterocycles. The monoisotopic (exact) mass is 511 g/mol. The van der Waals surface area contributed by atoms with Gasteiger partial charge in [-0.1, -0.05) is 48.0 Å². The Morgan fingerprint density at radius 1 is 0.947 bits per heavy atom. The Balaban J connectivity index is 1.38. The number of likely N-dealkylation sites (tertiary alicyclic amines) is 2. The predicted octanol–water partition coefficient (Wildman–Crippen LogP) is 2.74. The molecule has 8 heteroatoms. The fraction of sp³-hybridized carbons (Fsp3) is 0.267. The van der Waals surface area contributed by atoms with Crippen molar-refractivity contribution in [3.8, 4) is 5.75 Å². The molecule has 8 nitrogen and oxygen atoms in total. The van der Waals surface area contributed by atoms with Crippen LogP contribution in [0, 0.1) is 6.92 Å². The van der Waals surface area contributed by atoms with Crippen LogP contribution in [0.3, 0.4) is 0 Å². The molecule has 0 radical (unpaired) electrons. The smallest absolute Gasteiger partial charge is 0.254 e. The number of ketones is 1. The highest BCUT2D eigenvalue weighted by atomic mass is 16.3. The minimum atomic E-state index is -0.932. The summed E-state index contributed by atoms with van der Waals surface area (Å²) in [5.74, 6) is -1.07. The number of nitrogens with one attached hydrogen (secondary N) is 1. The highest BCUT2D eigenvalue weighted by molar-refractivity contribution is 6.03. The van der Waals surface area contributed by atoms with E-state index >= 15 is 0 Å². The van der Waals surface area contributed by atoms with Gasteiger partial charge in [0.2, 0.25) is 5.91 Å². The summed E-state index contributed by atoms with van der Waals surface area (Å²) in [6.07, 6.45) is 0.671. The molecule has 2 heterocycles. The van der Waals surface area contributed by atoms with Crippen molar-refractivity contribution in [1.29, 1.82) is 0 Å². The molecule has 3 aromatic rings. The number of fused-ring (bicyclic) bond motifs is 1. The van der Waals surface area contributed by atoms with E-state index in [1.54, 1.807) is 59.5 Å². The molecule has 2 fully saturated rings. The molecule has 3 amide bonds. The van der Waals surface area contributed by atoms with E-state index in [9.17, 15) is 24.3 Å². The summed E-state index contributed by atoms with van der Waals surface area (Å²) in [6, 6.07) is 20.3. The van der Waals surface area contributed by atoms with E-state index in [-0.39, 0.29) is 42.2 Å². The number of phenols is 1. The van der Waals surface area contributed by atoms with Crippen molar-refractivity contribution >= 4 is 23.5 Å². The van der Waals surface area contributed by atoms with Crippen molar-refractivity contribution in [2.24, 2.45) is 0 Å². The van der Waals surface area contributed by atoms with Crippen LogP contribution in [0.25, 0.3) is 0 Å². The number of amides is 3. The summed E-state index contributed by atoms with van der Waals surface area (Å²) in [7, 11) is 0. The zero-order valence-electron chi connectivity index (χ0n) is 21.0. The third kappa shape index (κ3) is 5.02. The largest absolute Gasteiger partial charge is 0.508 e. The first-order chi connectivity index (χ1) is 18.3. The highest BCUT2D eigenvalue weighted by Crippen LogP contribution is 2.31. The first-order valence-electron chi connectivity index (χ1n) is 12.7. The lowest BCUT2D eigenvalue weighted by atomic mass is 10.0. The van der Waals surface area contributed by atoms with Crippen LogP contribution in [-0.4, -0.2) is 69.6 Å². The number of hydrogen-bond acceptors (Lipinski definition) is 5.